The highest BCUT2D eigenvalue weighted by atomic mass is 35.5. The summed E-state index contributed by atoms with van der Waals surface area (Å²) in [6.07, 6.45) is 1.28. The van der Waals surface area contributed by atoms with Gasteiger partial charge in [-0.25, -0.2) is 0 Å². The van der Waals surface area contributed by atoms with Crippen molar-refractivity contribution in [2.75, 3.05) is 19.6 Å². The number of carbonyl (C=O) groups excluding carboxylic acids is 1. The van der Waals surface area contributed by atoms with Gasteiger partial charge in [0.2, 0.25) is 5.91 Å². The third-order valence-corrected chi connectivity index (χ3v) is 4.35. The van der Waals surface area contributed by atoms with Gasteiger partial charge < -0.3 is 10.6 Å². The topological polar surface area (TPSA) is 46.3 Å². The van der Waals surface area contributed by atoms with Crippen LogP contribution in [0.2, 0.25) is 10.0 Å². The van der Waals surface area contributed by atoms with E-state index in [1.165, 1.54) is 0 Å². The van der Waals surface area contributed by atoms with E-state index in [1.807, 2.05) is 4.90 Å². The van der Waals surface area contributed by atoms with Crippen LogP contribution in [0.25, 0.3) is 0 Å². The van der Waals surface area contributed by atoms with Crippen molar-refractivity contribution in [3.8, 4) is 0 Å². The zero-order chi connectivity index (χ0) is 14.0. The van der Waals surface area contributed by atoms with Crippen LogP contribution in [-0.4, -0.2) is 30.4 Å². The lowest BCUT2D eigenvalue weighted by molar-refractivity contribution is -0.129. The van der Waals surface area contributed by atoms with Crippen LogP contribution in [0.1, 0.15) is 18.9 Å². The molecule has 104 valence electrons. The molecule has 3 nitrogen and oxygen atoms in total. The number of nitrogens with two attached hydrogens (primary N) is 1. The van der Waals surface area contributed by atoms with Crippen molar-refractivity contribution in [1.82, 2.24) is 4.90 Å². The maximum absolute atomic E-state index is 12.2. The molecule has 0 saturated carbocycles. The highest BCUT2D eigenvalue weighted by Gasteiger charge is 2.34. The Morgan fingerprint density at radius 2 is 2.21 bits per heavy atom. The van der Waals surface area contributed by atoms with Crippen LogP contribution in [0.15, 0.2) is 18.2 Å². The Balaban J connectivity index is 2.02. The van der Waals surface area contributed by atoms with Crippen LogP contribution in [0.3, 0.4) is 0 Å². The quantitative estimate of drug-likeness (QED) is 0.933. The van der Waals surface area contributed by atoms with Crippen molar-refractivity contribution in [2.45, 2.75) is 19.8 Å². The van der Waals surface area contributed by atoms with E-state index >= 15 is 0 Å². The maximum atomic E-state index is 12.2. The molecule has 1 aliphatic heterocycles. The summed E-state index contributed by atoms with van der Waals surface area (Å²) in [5.74, 6) is 0.0985. The van der Waals surface area contributed by atoms with Crippen molar-refractivity contribution >= 4 is 29.1 Å². The Hall–Kier alpha value is -0.770. The monoisotopic (exact) mass is 300 g/mol. The molecular weight excluding hydrogens is 283 g/mol. The Bertz CT molecular complexity index is 492. The maximum Gasteiger partial charge on any atom is 0.227 e. The average molecular weight is 301 g/mol. The van der Waals surface area contributed by atoms with Gasteiger partial charge in [-0.3, -0.25) is 4.79 Å². The summed E-state index contributed by atoms with van der Waals surface area (Å²) in [6, 6.07) is 5.23. The lowest BCUT2D eigenvalue weighted by Crippen LogP contribution is -2.35. The van der Waals surface area contributed by atoms with Crippen molar-refractivity contribution in [3.63, 3.8) is 0 Å². The van der Waals surface area contributed by atoms with Crippen LogP contribution in [0.4, 0.5) is 0 Å². The number of hydrogen-bond donors (Lipinski definition) is 1. The summed E-state index contributed by atoms with van der Waals surface area (Å²) in [5, 5.41) is 1.12. The van der Waals surface area contributed by atoms with Crippen molar-refractivity contribution in [2.24, 2.45) is 11.1 Å². The van der Waals surface area contributed by atoms with E-state index in [9.17, 15) is 4.79 Å². The summed E-state index contributed by atoms with van der Waals surface area (Å²) in [5.41, 5.74) is 6.62. The lowest BCUT2D eigenvalue weighted by atomic mass is 9.90. The molecule has 1 aromatic carbocycles. The fraction of sp³-hybridized carbons (Fsp3) is 0.500. The lowest BCUT2D eigenvalue weighted by Gasteiger charge is -2.22. The Kier molecular flexibility index (Phi) is 4.39. The van der Waals surface area contributed by atoms with Crippen LogP contribution in [0, 0.1) is 5.41 Å². The number of rotatable bonds is 3. The van der Waals surface area contributed by atoms with Gasteiger partial charge in [-0.05, 0) is 36.1 Å². The van der Waals surface area contributed by atoms with Gasteiger partial charge in [-0.1, -0.05) is 36.2 Å². The highest BCUT2D eigenvalue weighted by molar-refractivity contribution is 6.35. The Labute approximate surface area is 123 Å². The molecule has 1 unspecified atom stereocenters. The van der Waals surface area contributed by atoms with Gasteiger partial charge in [-0.15, -0.1) is 0 Å². The van der Waals surface area contributed by atoms with Gasteiger partial charge >= 0.3 is 0 Å². The molecule has 0 radical (unpaired) electrons. The number of amides is 1. The minimum atomic E-state index is 0.0550. The first-order valence-electron chi connectivity index (χ1n) is 6.35. The third-order valence-electron chi connectivity index (χ3n) is 3.76. The molecule has 0 bridgehead atoms. The van der Waals surface area contributed by atoms with Gasteiger partial charge in [0.1, 0.15) is 0 Å². The molecule has 0 spiro atoms. The summed E-state index contributed by atoms with van der Waals surface area (Å²) in [6.45, 7) is 4.24. The molecular formula is C14H18Cl2N2O. The van der Waals surface area contributed by atoms with E-state index in [0.717, 1.165) is 25.1 Å². The zero-order valence-electron chi connectivity index (χ0n) is 11.0. The predicted molar refractivity (Wildman–Crippen MR) is 78.5 cm³/mol. The van der Waals surface area contributed by atoms with Crippen LogP contribution in [0.5, 0.6) is 0 Å². The second-order valence-electron chi connectivity index (χ2n) is 5.49. The van der Waals surface area contributed by atoms with Crippen LogP contribution in [-0.2, 0) is 11.2 Å². The number of nitrogens with zero attached hydrogens (tertiary/aromatic N) is 1. The van der Waals surface area contributed by atoms with E-state index in [2.05, 4.69) is 6.92 Å². The van der Waals surface area contributed by atoms with Gasteiger partial charge in [0, 0.05) is 23.1 Å². The van der Waals surface area contributed by atoms with E-state index in [0.29, 0.717) is 23.0 Å². The van der Waals surface area contributed by atoms with Crippen molar-refractivity contribution in [1.29, 1.82) is 0 Å². The number of likely N-dealkylation sites (tertiary alicyclic amines) is 1. The second-order valence-corrected chi connectivity index (χ2v) is 6.34. The number of halogens is 2. The first-order chi connectivity index (χ1) is 8.93. The third kappa shape index (κ3) is 3.41. The van der Waals surface area contributed by atoms with Gasteiger partial charge in [0.15, 0.2) is 0 Å². The van der Waals surface area contributed by atoms with Crippen molar-refractivity contribution in [3.05, 3.63) is 33.8 Å². The minimum absolute atomic E-state index is 0.0550. The molecule has 2 N–H and O–H groups in total. The molecule has 1 aliphatic rings. The zero-order valence-corrected chi connectivity index (χ0v) is 12.5. The molecule has 0 aromatic heterocycles. The first-order valence-corrected chi connectivity index (χ1v) is 7.11. The highest BCUT2D eigenvalue weighted by Crippen LogP contribution is 2.29. The summed E-state index contributed by atoms with van der Waals surface area (Å²) in [7, 11) is 0. The molecule has 1 heterocycles. The molecule has 5 heteroatoms. The fourth-order valence-corrected chi connectivity index (χ4v) is 2.82. The van der Waals surface area contributed by atoms with Crippen LogP contribution < -0.4 is 5.73 Å². The van der Waals surface area contributed by atoms with E-state index in [1.54, 1.807) is 18.2 Å². The number of carbonyl (C=O) groups is 1. The molecule has 1 fully saturated rings. The van der Waals surface area contributed by atoms with Gasteiger partial charge in [-0.2, -0.15) is 0 Å². The molecule has 0 aliphatic carbocycles. The van der Waals surface area contributed by atoms with E-state index in [-0.39, 0.29) is 11.3 Å². The Morgan fingerprint density at radius 3 is 2.79 bits per heavy atom. The molecule has 1 aromatic rings. The molecule has 2 rings (SSSR count). The van der Waals surface area contributed by atoms with Crippen molar-refractivity contribution < 1.29 is 4.79 Å². The van der Waals surface area contributed by atoms with Gasteiger partial charge in [0.05, 0.1) is 6.42 Å². The van der Waals surface area contributed by atoms with Gasteiger partial charge in [0.25, 0.3) is 0 Å². The predicted octanol–water partition coefficient (Wildman–Crippen LogP) is 2.73. The second kappa shape index (κ2) is 5.70. The Morgan fingerprint density at radius 1 is 1.47 bits per heavy atom. The van der Waals surface area contributed by atoms with E-state index < -0.39 is 0 Å². The largest absolute Gasteiger partial charge is 0.342 e. The SMILES string of the molecule is CC1(CN)CCN(C(=O)Cc2ccc(Cl)cc2Cl)C1. The summed E-state index contributed by atoms with van der Waals surface area (Å²) >= 11 is 11.9. The normalized spacial score (nSPS) is 22.8. The van der Waals surface area contributed by atoms with Crippen LogP contribution >= 0.6 is 23.2 Å². The standard InChI is InChI=1S/C14H18Cl2N2O/c1-14(8-17)4-5-18(9-14)13(19)6-10-2-3-11(15)7-12(10)16/h2-3,7H,4-6,8-9,17H2,1H3. The average Bonchev–Trinajstić information content (AvgIpc) is 2.76. The smallest absolute Gasteiger partial charge is 0.227 e. The molecule has 1 amide bonds. The number of hydrogen-bond acceptors (Lipinski definition) is 2. The first kappa shape index (κ1) is 14.6. The molecule has 1 atom stereocenters. The fourth-order valence-electron chi connectivity index (χ4n) is 2.34. The van der Waals surface area contributed by atoms with E-state index in [4.69, 9.17) is 28.9 Å². The number of benzene rings is 1. The molecule has 19 heavy (non-hydrogen) atoms. The molecule has 1 saturated heterocycles. The summed E-state index contributed by atoms with van der Waals surface area (Å²) < 4.78 is 0. The summed E-state index contributed by atoms with van der Waals surface area (Å²) in [4.78, 5) is 14.1. The minimum Gasteiger partial charge on any atom is -0.342 e.